The number of halogens is 1. The van der Waals surface area contributed by atoms with Crippen LogP contribution in [0.1, 0.15) is 20.9 Å². The number of Topliss-reactive ketones (excluding diaryl/α,β-unsaturated/α-hetero) is 1. The van der Waals surface area contributed by atoms with E-state index in [1.807, 2.05) is 19.2 Å². The molecule has 0 aliphatic rings. The number of hydrogen-bond acceptors (Lipinski definition) is 4. The van der Waals surface area contributed by atoms with E-state index in [0.717, 1.165) is 6.42 Å². The monoisotopic (exact) mass is 374 g/mol. The Bertz CT molecular complexity index is 885. The number of carbonyl (C=O) groups is 1. The molecular formula is C19H19ClN2O2S. The zero-order valence-corrected chi connectivity index (χ0v) is 15.7. The molecule has 0 atom stereocenters. The number of carbonyl (C=O) groups excluding carboxylic acids is 1. The van der Waals surface area contributed by atoms with Gasteiger partial charge in [0.25, 0.3) is 0 Å². The van der Waals surface area contributed by atoms with Crippen LogP contribution in [0.3, 0.4) is 0 Å². The Morgan fingerprint density at radius 2 is 2.16 bits per heavy atom. The van der Waals surface area contributed by atoms with Crippen molar-refractivity contribution < 1.29 is 9.53 Å². The maximum Gasteiger partial charge on any atom is 0.216 e. The smallest absolute Gasteiger partial charge is 0.216 e. The van der Waals surface area contributed by atoms with E-state index >= 15 is 0 Å². The van der Waals surface area contributed by atoms with Gasteiger partial charge in [-0.3, -0.25) is 4.79 Å². The molecule has 130 valence electrons. The summed E-state index contributed by atoms with van der Waals surface area (Å²) in [5.41, 5.74) is 4.81. The second-order valence-electron chi connectivity index (χ2n) is 5.87. The van der Waals surface area contributed by atoms with Crippen molar-refractivity contribution in [2.75, 3.05) is 13.2 Å². The summed E-state index contributed by atoms with van der Waals surface area (Å²) in [7, 11) is 2.05. The topological polar surface area (TPSA) is 44.1 Å². The SMILES string of the molecule is Cc1cc(-c2ccccc2CCOCC(=O)c2nc(Cl)cs2)n(C)c1. The summed E-state index contributed by atoms with van der Waals surface area (Å²) >= 11 is 6.98. The number of ether oxygens (including phenoxy) is 1. The molecule has 0 aliphatic heterocycles. The molecule has 0 bridgehead atoms. The first-order valence-corrected chi connectivity index (χ1v) is 9.23. The molecule has 0 fully saturated rings. The Kier molecular flexibility index (Phi) is 5.68. The molecule has 2 aromatic heterocycles. The number of aryl methyl sites for hydroxylation is 2. The molecule has 6 heteroatoms. The molecule has 2 heterocycles. The van der Waals surface area contributed by atoms with Crippen LogP contribution >= 0.6 is 22.9 Å². The maximum absolute atomic E-state index is 12.0. The van der Waals surface area contributed by atoms with E-state index in [1.54, 1.807) is 5.38 Å². The number of nitrogens with zero attached hydrogens (tertiary/aromatic N) is 2. The van der Waals surface area contributed by atoms with Gasteiger partial charge < -0.3 is 9.30 Å². The summed E-state index contributed by atoms with van der Waals surface area (Å²) in [5.74, 6) is -0.136. The van der Waals surface area contributed by atoms with E-state index in [1.165, 1.54) is 33.7 Å². The Morgan fingerprint density at radius 1 is 1.36 bits per heavy atom. The van der Waals surface area contributed by atoms with Gasteiger partial charge in [0.15, 0.2) is 5.01 Å². The number of ketones is 1. The minimum atomic E-state index is -0.136. The molecule has 0 radical (unpaired) electrons. The summed E-state index contributed by atoms with van der Waals surface area (Å²) < 4.78 is 7.69. The highest BCUT2D eigenvalue weighted by molar-refractivity contribution is 7.12. The highest BCUT2D eigenvalue weighted by atomic mass is 35.5. The molecule has 4 nitrogen and oxygen atoms in total. The van der Waals surface area contributed by atoms with E-state index in [0.29, 0.717) is 16.8 Å². The second kappa shape index (κ2) is 7.95. The predicted octanol–water partition coefficient (Wildman–Crippen LogP) is 4.55. The summed E-state index contributed by atoms with van der Waals surface area (Å²) in [6, 6.07) is 10.5. The number of benzene rings is 1. The number of aromatic nitrogens is 2. The number of hydrogen-bond donors (Lipinski definition) is 0. The molecule has 0 saturated carbocycles. The van der Waals surface area contributed by atoms with E-state index in [9.17, 15) is 4.79 Å². The summed E-state index contributed by atoms with van der Waals surface area (Å²) in [6.07, 6.45) is 2.85. The molecule has 25 heavy (non-hydrogen) atoms. The molecular weight excluding hydrogens is 356 g/mol. The van der Waals surface area contributed by atoms with Gasteiger partial charge in [-0.2, -0.15) is 0 Å². The third kappa shape index (κ3) is 4.37. The van der Waals surface area contributed by atoms with Crippen molar-refractivity contribution in [2.24, 2.45) is 7.05 Å². The van der Waals surface area contributed by atoms with Gasteiger partial charge in [0.05, 0.1) is 6.61 Å². The normalized spacial score (nSPS) is 11.0. The molecule has 0 unspecified atom stereocenters. The van der Waals surface area contributed by atoms with Gasteiger partial charge in [-0.05, 0) is 30.5 Å². The first kappa shape index (κ1) is 17.9. The van der Waals surface area contributed by atoms with Crippen molar-refractivity contribution >= 4 is 28.7 Å². The van der Waals surface area contributed by atoms with E-state index in [-0.39, 0.29) is 12.4 Å². The van der Waals surface area contributed by atoms with Gasteiger partial charge in [-0.25, -0.2) is 4.98 Å². The van der Waals surface area contributed by atoms with Crippen LogP contribution in [0.5, 0.6) is 0 Å². The fourth-order valence-electron chi connectivity index (χ4n) is 2.78. The van der Waals surface area contributed by atoms with E-state index in [4.69, 9.17) is 16.3 Å². The maximum atomic E-state index is 12.0. The van der Waals surface area contributed by atoms with Crippen LogP contribution in [-0.4, -0.2) is 28.5 Å². The van der Waals surface area contributed by atoms with Gasteiger partial charge in [0.1, 0.15) is 11.8 Å². The first-order valence-electron chi connectivity index (χ1n) is 7.98. The van der Waals surface area contributed by atoms with Gasteiger partial charge in [0.2, 0.25) is 5.78 Å². The zero-order valence-electron chi connectivity index (χ0n) is 14.2. The average Bonchev–Trinajstić information content (AvgIpc) is 3.17. The van der Waals surface area contributed by atoms with Crippen molar-refractivity contribution in [3.63, 3.8) is 0 Å². The van der Waals surface area contributed by atoms with Crippen LogP contribution in [0.25, 0.3) is 11.3 Å². The van der Waals surface area contributed by atoms with Crippen molar-refractivity contribution in [2.45, 2.75) is 13.3 Å². The Labute approximate surface area is 156 Å². The summed E-state index contributed by atoms with van der Waals surface area (Å²) in [6.45, 7) is 2.59. The molecule has 3 aromatic rings. The molecule has 0 amide bonds. The lowest BCUT2D eigenvalue weighted by Crippen LogP contribution is -2.11. The van der Waals surface area contributed by atoms with Gasteiger partial charge in [-0.15, -0.1) is 11.3 Å². The minimum Gasteiger partial charge on any atom is -0.373 e. The van der Waals surface area contributed by atoms with Crippen LogP contribution < -0.4 is 0 Å². The standard InChI is InChI=1S/C19H19ClN2O2S/c1-13-9-16(22(2)10-13)15-6-4-3-5-14(15)7-8-24-11-17(23)19-21-18(20)12-25-19/h3-6,9-10,12H,7-8,11H2,1-2H3. The third-order valence-electron chi connectivity index (χ3n) is 3.90. The van der Waals surface area contributed by atoms with Crippen LogP contribution in [-0.2, 0) is 18.2 Å². The Morgan fingerprint density at radius 3 is 2.84 bits per heavy atom. The zero-order chi connectivity index (χ0) is 17.8. The highest BCUT2D eigenvalue weighted by Crippen LogP contribution is 2.25. The predicted molar refractivity (Wildman–Crippen MR) is 102 cm³/mol. The average molecular weight is 375 g/mol. The lowest BCUT2D eigenvalue weighted by Gasteiger charge is -2.10. The molecule has 0 N–H and O–H groups in total. The fourth-order valence-corrected chi connectivity index (χ4v) is 3.65. The van der Waals surface area contributed by atoms with Gasteiger partial charge in [-0.1, -0.05) is 35.9 Å². The summed E-state index contributed by atoms with van der Waals surface area (Å²) in [4.78, 5) is 15.9. The Balaban J connectivity index is 1.60. The van der Waals surface area contributed by atoms with Crippen LogP contribution in [0.15, 0.2) is 41.9 Å². The largest absolute Gasteiger partial charge is 0.373 e. The highest BCUT2D eigenvalue weighted by Gasteiger charge is 2.12. The fraction of sp³-hybridized carbons (Fsp3) is 0.263. The molecule has 1 aromatic carbocycles. The lowest BCUT2D eigenvalue weighted by molar-refractivity contribution is 0.0765. The minimum absolute atomic E-state index is 0.0231. The van der Waals surface area contributed by atoms with Crippen LogP contribution in [0.4, 0.5) is 0 Å². The molecule has 0 saturated heterocycles. The third-order valence-corrected chi connectivity index (χ3v) is 5.10. The van der Waals surface area contributed by atoms with Crippen LogP contribution in [0, 0.1) is 6.92 Å². The van der Waals surface area contributed by atoms with Gasteiger partial charge in [0, 0.05) is 29.9 Å². The quantitative estimate of drug-likeness (QED) is 0.450. The van der Waals surface area contributed by atoms with Crippen molar-refractivity contribution in [3.8, 4) is 11.3 Å². The molecule has 0 aliphatic carbocycles. The van der Waals surface area contributed by atoms with Gasteiger partial charge >= 0.3 is 0 Å². The molecule has 0 spiro atoms. The van der Waals surface area contributed by atoms with Crippen molar-refractivity contribution in [1.29, 1.82) is 0 Å². The summed E-state index contributed by atoms with van der Waals surface area (Å²) in [5, 5.41) is 2.39. The second-order valence-corrected chi connectivity index (χ2v) is 7.12. The van der Waals surface area contributed by atoms with Crippen LogP contribution in [0.2, 0.25) is 5.15 Å². The van der Waals surface area contributed by atoms with Crippen molar-refractivity contribution in [3.05, 3.63) is 63.2 Å². The van der Waals surface area contributed by atoms with E-state index < -0.39 is 0 Å². The Hall–Kier alpha value is -1.95. The lowest BCUT2D eigenvalue weighted by atomic mass is 10.0. The molecule has 3 rings (SSSR count). The van der Waals surface area contributed by atoms with E-state index in [2.05, 4.69) is 40.9 Å². The van der Waals surface area contributed by atoms with Crippen molar-refractivity contribution in [1.82, 2.24) is 9.55 Å². The first-order chi connectivity index (χ1) is 12.0. The number of rotatable bonds is 7. The number of thiazole rings is 1.